The Kier molecular flexibility index (Phi) is 20.5. The molecule has 0 amide bonds. The molecule has 0 unspecified atom stereocenters. The minimum Gasteiger partial charge on any atom is -0.456 e. The van der Waals surface area contributed by atoms with Gasteiger partial charge in [0.05, 0.1) is 0 Å². The van der Waals surface area contributed by atoms with E-state index >= 15 is 0 Å². The van der Waals surface area contributed by atoms with Crippen molar-refractivity contribution in [2.45, 2.75) is 41.5 Å². The number of para-hydroxylation sites is 9. The van der Waals surface area contributed by atoms with Crippen LogP contribution in [0.15, 0.2) is 427 Å². The maximum atomic E-state index is 6.09. The van der Waals surface area contributed by atoms with Crippen molar-refractivity contribution in [2.75, 3.05) is 0 Å². The molecule has 6 aromatic heterocycles. The second-order valence-corrected chi connectivity index (χ2v) is 30.9. The van der Waals surface area contributed by atoms with E-state index in [1.807, 2.05) is 72.8 Å². The van der Waals surface area contributed by atoms with Crippen LogP contribution in [0.3, 0.4) is 0 Å². The largest absolute Gasteiger partial charge is 0.456 e. The molecule has 0 atom stereocenters. The fourth-order valence-corrected chi connectivity index (χ4v) is 16.5. The minimum absolute atomic E-state index is 0.946. The van der Waals surface area contributed by atoms with Gasteiger partial charge in [0.2, 0.25) is 0 Å². The van der Waals surface area contributed by atoms with Gasteiger partial charge in [0.1, 0.15) is 67.0 Å². The molecule has 120 heavy (non-hydrogen) atoms. The fraction of sp³-hybridized carbons (Fsp3) is 0.0526. The molecule has 0 saturated heterocycles. The topological polar surface area (TPSA) is 78.8 Å². The first-order valence-corrected chi connectivity index (χ1v) is 40.8. The molecule has 6 heterocycles. The van der Waals surface area contributed by atoms with Gasteiger partial charge < -0.3 is 26.5 Å². The molecule has 6 nitrogen and oxygen atoms in total. The van der Waals surface area contributed by atoms with Crippen molar-refractivity contribution in [3.63, 3.8) is 0 Å². The van der Waals surface area contributed by atoms with Gasteiger partial charge in [0.25, 0.3) is 0 Å². The van der Waals surface area contributed by atoms with Crippen LogP contribution in [0.4, 0.5) is 0 Å². The van der Waals surface area contributed by atoms with Gasteiger partial charge in [0, 0.05) is 81.3 Å². The smallest absolute Gasteiger partial charge is 0.143 e. The van der Waals surface area contributed by atoms with Gasteiger partial charge >= 0.3 is 0 Å². The number of aryl methyl sites for hydroxylation is 6. The molecule has 6 heteroatoms. The Morgan fingerprint density at radius 3 is 0.817 bits per heavy atom. The highest BCUT2D eigenvalue weighted by atomic mass is 16.3. The number of hydrogen-bond acceptors (Lipinski definition) is 6. The molecular weight excluding hydrogens is 1470 g/mol. The highest BCUT2D eigenvalue weighted by molar-refractivity contribution is 6.13. The van der Waals surface area contributed by atoms with Crippen LogP contribution in [-0.4, -0.2) is 0 Å². The van der Waals surface area contributed by atoms with Crippen LogP contribution < -0.4 is 0 Å². The molecule has 0 aliphatic rings. The second kappa shape index (κ2) is 32.8. The average molecular weight is 1550 g/mol. The van der Waals surface area contributed by atoms with E-state index in [-0.39, 0.29) is 0 Å². The van der Waals surface area contributed by atoms with Crippen molar-refractivity contribution in [3.8, 4) is 66.8 Å². The van der Waals surface area contributed by atoms with Crippen molar-refractivity contribution in [3.05, 3.63) is 434 Å². The minimum atomic E-state index is 0.946. The molecule has 0 bridgehead atoms. The first-order valence-electron chi connectivity index (χ1n) is 40.8. The number of hydrogen-bond donors (Lipinski definition) is 0. The predicted octanol–water partition coefficient (Wildman–Crippen LogP) is 33.4. The van der Waals surface area contributed by atoms with Crippen molar-refractivity contribution in [1.29, 1.82) is 0 Å². The van der Waals surface area contributed by atoms with Crippen molar-refractivity contribution < 1.29 is 26.5 Å². The van der Waals surface area contributed by atoms with E-state index in [0.29, 0.717) is 0 Å². The van der Waals surface area contributed by atoms with Crippen LogP contribution in [0.25, 0.3) is 198 Å². The van der Waals surface area contributed by atoms with Crippen LogP contribution in [0, 0.1) is 41.5 Å². The predicted molar refractivity (Wildman–Crippen MR) is 503 cm³/mol. The van der Waals surface area contributed by atoms with Gasteiger partial charge in [-0.15, -0.1) is 0 Å². The number of rotatable bonds is 6. The summed E-state index contributed by atoms with van der Waals surface area (Å²) in [6, 6.07) is 139. The SMILES string of the molecule is Cc1ccc(-c2ccc3oc4ccccc4c3c2)cc1.Cc1ccc(-c2cccc3c2oc2ccccc23)cc1.Cc1cccc(-c2ccc3oc4ccccc4c3c2)c1.Cc1cccc(-c2cccc3c2oc2ccccc23)c1.Cc1ccccc1-c1ccc2oc3ccccc3c2c1.Cc1ccccc1-c1cccc2c1oc1ccccc12. The Labute approximate surface area is 695 Å². The summed E-state index contributed by atoms with van der Waals surface area (Å²) in [7, 11) is 0. The number of fused-ring (bicyclic) bond motifs is 18. The van der Waals surface area contributed by atoms with Gasteiger partial charge in [-0.3, -0.25) is 0 Å². The molecule has 0 radical (unpaired) electrons. The third kappa shape index (κ3) is 15.1. The fourth-order valence-electron chi connectivity index (χ4n) is 16.5. The van der Waals surface area contributed by atoms with Crippen molar-refractivity contribution in [1.82, 2.24) is 0 Å². The summed E-state index contributed by atoms with van der Waals surface area (Å²) in [6.45, 7) is 12.7. The third-order valence-electron chi connectivity index (χ3n) is 22.7. The molecule has 0 saturated carbocycles. The zero-order chi connectivity index (χ0) is 81.2. The monoisotopic (exact) mass is 1550 g/mol. The molecule has 0 aliphatic carbocycles. The maximum Gasteiger partial charge on any atom is 0.143 e. The Balaban J connectivity index is 0.0000000952. The van der Waals surface area contributed by atoms with E-state index in [1.54, 1.807) is 0 Å². The van der Waals surface area contributed by atoms with Crippen LogP contribution in [0.5, 0.6) is 0 Å². The Morgan fingerprint density at radius 1 is 0.133 bits per heavy atom. The van der Waals surface area contributed by atoms with E-state index in [4.69, 9.17) is 26.5 Å². The van der Waals surface area contributed by atoms with Crippen LogP contribution in [-0.2, 0) is 0 Å². The summed E-state index contributed by atoms with van der Waals surface area (Å²) < 4.78 is 35.8. The first kappa shape index (κ1) is 74.8. The first-order chi connectivity index (χ1) is 58.9. The molecule has 0 fully saturated rings. The van der Waals surface area contributed by atoms with Gasteiger partial charge in [-0.2, -0.15) is 0 Å². The molecule has 576 valence electrons. The molecule has 24 rings (SSSR count). The Morgan fingerprint density at radius 2 is 0.392 bits per heavy atom. The van der Waals surface area contributed by atoms with E-state index in [9.17, 15) is 0 Å². The normalized spacial score (nSPS) is 11.2. The lowest BCUT2D eigenvalue weighted by Gasteiger charge is -2.06. The quantitative estimate of drug-likeness (QED) is 0.165. The zero-order valence-electron chi connectivity index (χ0n) is 67.6. The van der Waals surface area contributed by atoms with Gasteiger partial charge in [-0.1, -0.05) is 350 Å². The lowest BCUT2D eigenvalue weighted by molar-refractivity contribution is 0.668. The molecule has 24 aromatic rings. The highest BCUT2D eigenvalue weighted by Crippen LogP contribution is 2.42. The Bertz CT molecular complexity index is 7830. The number of benzene rings is 18. The van der Waals surface area contributed by atoms with Crippen LogP contribution in [0.1, 0.15) is 33.4 Å². The highest BCUT2D eigenvalue weighted by Gasteiger charge is 2.18. The molecular formula is C114H84O6. The molecule has 0 aliphatic heterocycles. The lowest BCUT2D eigenvalue weighted by atomic mass is 9.98. The van der Waals surface area contributed by atoms with E-state index in [2.05, 4.69) is 369 Å². The molecule has 0 spiro atoms. The molecule has 18 aromatic carbocycles. The van der Waals surface area contributed by atoms with Crippen molar-refractivity contribution >= 4 is 132 Å². The van der Waals surface area contributed by atoms with Gasteiger partial charge in [-0.05, 0) is 176 Å². The van der Waals surface area contributed by atoms with Crippen LogP contribution in [0.2, 0.25) is 0 Å². The summed E-state index contributed by atoms with van der Waals surface area (Å²) in [5.74, 6) is 0. The lowest BCUT2D eigenvalue weighted by Crippen LogP contribution is -1.82. The van der Waals surface area contributed by atoms with E-state index in [1.165, 1.54) is 148 Å². The molecule has 0 N–H and O–H groups in total. The van der Waals surface area contributed by atoms with Crippen LogP contribution >= 0.6 is 0 Å². The summed E-state index contributed by atoms with van der Waals surface area (Å²) in [5, 5.41) is 14.2. The summed E-state index contributed by atoms with van der Waals surface area (Å²) in [6.07, 6.45) is 0. The van der Waals surface area contributed by atoms with E-state index in [0.717, 1.165) is 83.7 Å². The van der Waals surface area contributed by atoms with Gasteiger partial charge in [-0.25, -0.2) is 0 Å². The maximum absolute atomic E-state index is 6.09. The standard InChI is InChI=1S/6C19H14O/c1-13-6-4-7-14(12-13)15-9-5-10-17-16-8-2-3-11-18(16)20-19(15)17;1-13-7-2-3-8-14(13)16-10-6-11-17-15-9-4-5-12-18(15)20-19(16)17;1-13-5-4-6-14(11-13)15-9-10-19-17(12-15)16-7-2-3-8-18(16)20-19;1-13-6-2-3-7-15(13)14-10-11-19-17(12-14)16-8-4-5-9-18(16)20-19;1-13-9-11-14(12-10-13)15-6-4-7-17-16-5-2-3-8-18(16)20-19(15)17;1-13-6-8-14(9-7-13)15-10-11-19-17(12-15)16-4-2-3-5-18(16)20-19/h6*2-12H,1H3. The van der Waals surface area contributed by atoms with Gasteiger partial charge in [0.15, 0.2) is 0 Å². The Hall–Kier alpha value is -15.2. The zero-order valence-corrected chi connectivity index (χ0v) is 67.6. The summed E-state index contributed by atoms with van der Waals surface area (Å²) in [4.78, 5) is 0. The second-order valence-electron chi connectivity index (χ2n) is 30.9. The third-order valence-corrected chi connectivity index (χ3v) is 22.7. The summed E-state index contributed by atoms with van der Waals surface area (Å²) >= 11 is 0. The van der Waals surface area contributed by atoms with E-state index < -0.39 is 0 Å². The number of furan rings is 6. The van der Waals surface area contributed by atoms with Crippen molar-refractivity contribution in [2.24, 2.45) is 0 Å². The summed E-state index contributed by atoms with van der Waals surface area (Å²) in [5.41, 5.74) is 33.6. The average Bonchev–Trinajstić information content (AvgIpc) is 1.66.